The first-order valence-electron chi connectivity index (χ1n) is 7.17. The molecule has 0 aromatic heterocycles. The Bertz CT molecular complexity index is 574. The predicted octanol–water partition coefficient (Wildman–Crippen LogP) is 1.36. The lowest BCUT2D eigenvalue weighted by atomic mass is 10.1. The topological polar surface area (TPSA) is 66.6 Å². The quantitative estimate of drug-likeness (QED) is 0.911. The van der Waals surface area contributed by atoms with Crippen LogP contribution in [0.1, 0.15) is 17.3 Å². The Kier molecular flexibility index (Phi) is 5.37. The van der Waals surface area contributed by atoms with Crippen molar-refractivity contribution in [2.24, 2.45) is 11.7 Å². The third-order valence-corrected chi connectivity index (χ3v) is 4.13. The first kappa shape index (κ1) is 16.7. The number of hydrogen-bond donors (Lipinski definition) is 1. The van der Waals surface area contributed by atoms with E-state index in [1.807, 2.05) is 0 Å². The van der Waals surface area contributed by atoms with Gasteiger partial charge in [0.05, 0.1) is 10.6 Å². The van der Waals surface area contributed by atoms with Gasteiger partial charge in [-0.3, -0.25) is 9.59 Å². The normalized spacial score (nSPS) is 16.5. The van der Waals surface area contributed by atoms with Gasteiger partial charge in [0.2, 0.25) is 5.91 Å². The highest BCUT2D eigenvalue weighted by atomic mass is 35.5. The van der Waals surface area contributed by atoms with Crippen LogP contribution in [-0.4, -0.2) is 54.3 Å². The van der Waals surface area contributed by atoms with Gasteiger partial charge >= 0.3 is 0 Å². The van der Waals surface area contributed by atoms with Crippen molar-refractivity contribution in [3.63, 3.8) is 0 Å². The second-order valence-electron chi connectivity index (χ2n) is 5.38. The molecular weight excluding hydrogens is 309 g/mol. The highest BCUT2D eigenvalue weighted by Crippen LogP contribution is 2.20. The molecule has 1 aliphatic rings. The predicted molar refractivity (Wildman–Crippen MR) is 82.1 cm³/mol. The van der Waals surface area contributed by atoms with Gasteiger partial charge in [-0.25, -0.2) is 4.39 Å². The number of benzene rings is 1. The van der Waals surface area contributed by atoms with Gasteiger partial charge in [-0.05, 0) is 18.2 Å². The van der Waals surface area contributed by atoms with Crippen LogP contribution >= 0.6 is 11.6 Å². The molecule has 2 N–H and O–H groups in total. The van der Waals surface area contributed by atoms with Gasteiger partial charge < -0.3 is 15.5 Å². The summed E-state index contributed by atoms with van der Waals surface area (Å²) < 4.78 is 13.0. The van der Waals surface area contributed by atoms with Crippen molar-refractivity contribution in [2.75, 3.05) is 32.7 Å². The zero-order valence-corrected chi connectivity index (χ0v) is 13.1. The molecular formula is C15H19ClFN3O2. The molecule has 1 aromatic carbocycles. The number of nitrogens with two attached hydrogens (primary N) is 1. The molecule has 1 unspecified atom stereocenters. The van der Waals surface area contributed by atoms with E-state index in [9.17, 15) is 14.0 Å². The lowest BCUT2D eigenvalue weighted by molar-refractivity contribution is -0.136. The number of carbonyl (C=O) groups is 2. The summed E-state index contributed by atoms with van der Waals surface area (Å²) in [5, 5.41) is 0.0975. The van der Waals surface area contributed by atoms with E-state index in [0.29, 0.717) is 32.7 Å². The maximum atomic E-state index is 13.0. The number of rotatable bonds is 3. The van der Waals surface area contributed by atoms with E-state index >= 15 is 0 Å². The molecule has 1 fully saturated rings. The second-order valence-corrected chi connectivity index (χ2v) is 5.79. The van der Waals surface area contributed by atoms with E-state index < -0.39 is 5.82 Å². The summed E-state index contributed by atoms with van der Waals surface area (Å²) in [4.78, 5) is 27.8. The molecule has 2 amide bonds. The zero-order valence-electron chi connectivity index (χ0n) is 12.4. The molecule has 5 nitrogen and oxygen atoms in total. The molecule has 1 atom stereocenters. The molecule has 120 valence electrons. The molecule has 0 radical (unpaired) electrons. The van der Waals surface area contributed by atoms with Crippen molar-refractivity contribution in [3.8, 4) is 0 Å². The summed E-state index contributed by atoms with van der Waals surface area (Å²) in [6.45, 7) is 3.88. The number of hydrogen-bond acceptors (Lipinski definition) is 3. The second kappa shape index (κ2) is 7.07. The molecule has 7 heteroatoms. The average molecular weight is 328 g/mol. The molecule has 0 aliphatic carbocycles. The van der Waals surface area contributed by atoms with E-state index in [4.69, 9.17) is 17.3 Å². The van der Waals surface area contributed by atoms with Crippen LogP contribution in [0.15, 0.2) is 18.2 Å². The Balaban J connectivity index is 1.99. The zero-order chi connectivity index (χ0) is 16.3. The van der Waals surface area contributed by atoms with E-state index in [-0.39, 0.29) is 28.3 Å². The standard InChI is InChI=1S/C15H19ClFN3O2/c1-10(9-18)14(21)19-4-6-20(7-5-19)15(22)12-3-2-11(17)8-13(12)16/h2-3,8,10H,4-7,9,18H2,1H3. The van der Waals surface area contributed by atoms with E-state index in [2.05, 4.69) is 0 Å². The number of carbonyl (C=O) groups excluding carboxylic acids is 2. The minimum atomic E-state index is -0.479. The van der Waals surface area contributed by atoms with Gasteiger partial charge in [-0.2, -0.15) is 0 Å². The lowest BCUT2D eigenvalue weighted by Gasteiger charge is -2.36. The van der Waals surface area contributed by atoms with Gasteiger partial charge in [0.15, 0.2) is 0 Å². The minimum absolute atomic E-state index is 0.00872. The van der Waals surface area contributed by atoms with Gasteiger partial charge in [0, 0.05) is 38.6 Å². The summed E-state index contributed by atoms with van der Waals surface area (Å²) in [6, 6.07) is 3.72. The Labute approximate surface area is 133 Å². The summed E-state index contributed by atoms with van der Waals surface area (Å²) in [5.74, 6) is -0.931. The fourth-order valence-corrected chi connectivity index (χ4v) is 2.62. The Morgan fingerprint density at radius 2 is 1.86 bits per heavy atom. The number of amides is 2. The van der Waals surface area contributed by atoms with Crippen LogP contribution in [0.5, 0.6) is 0 Å². The third kappa shape index (κ3) is 3.56. The van der Waals surface area contributed by atoms with Crippen molar-refractivity contribution in [2.45, 2.75) is 6.92 Å². The van der Waals surface area contributed by atoms with Crippen molar-refractivity contribution >= 4 is 23.4 Å². The van der Waals surface area contributed by atoms with Gasteiger partial charge in [0.1, 0.15) is 5.82 Å². The van der Waals surface area contributed by atoms with Gasteiger partial charge in [-0.1, -0.05) is 18.5 Å². The maximum absolute atomic E-state index is 13.0. The van der Waals surface area contributed by atoms with Crippen LogP contribution in [-0.2, 0) is 4.79 Å². The van der Waals surface area contributed by atoms with E-state index in [1.54, 1.807) is 16.7 Å². The fraction of sp³-hybridized carbons (Fsp3) is 0.467. The highest BCUT2D eigenvalue weighted by Gasteiger charge is 2.27. The fourth-order valence-electron chi connectivity index (χ4n) is 2.38. The SMILES string of the molecule is CC(CN)C(=O)N1CCN(C(=O)c2ccc(F)cc2Cl)CC1. The van der Waals surface area contributed by atoms with E-state index in [1.165, 1.54) is 12.1 Å². The monoisotopic (exact) mass is 327 g/mol. The van der Waals surface area contributed by atoms with Crippen LogP contribution in [0.2, 0.25) is 5.02 Å². The van der Waals surface area contributed by atoms with Crippen LogP contribution in [0.25, 0.3) is 0 Å². The summed E-state index contributed by atoms with van der Waals surface area (Å²) in [6.07, 6.45) is 0. The van der Waals surface area contributed by atoms with E-state index in [0.717, 1.165) is 6.07 Å². The number of halogens is 2. The number of nitrogens with zero attached hydrogens (tertiary/aromatic N) is 2. The molecule has 0 bridgehead atoms. The Morgan fingerprint density at radius 1 is 1.27 bits per heavy atom. The Morgan fingerprint density at radius 3 is 2.41 bits per heavy atom. The maximum Gasteiger partial charge on any atom is 0.255 e. The van der Waals surface area contributed by atoms with Crippen LogP contribution in [0.3, 0.4) is 0 Å². The molecule has 1 aliphatic heterocycles. The number of piperazine rings is 1. The average Bonchev–Trinajstić information content (AvgIpc) is 2.53. The largest absolute Gasteiger partial charge is 0.339 e. The first-order chi connectivity index (χ1) is 10.4. The van der Waals surface area contributed by atoms with Crippen molar-refractivity contribution in [3.05, 3.63) is 34.6 Å². The molecule has 0 spiro atoms. The molecule has 2 rings (SSSR count). The molecule has 1 saturated heterocycles. The Hall–Kier alpha value is -1.66. The molecule has 0 saturated carbocycles. The summed E-state index contributed by atoms with van der Waals surface area (Å²) in [7, 11) is 0. The van der Waals surface area contributed by atoms with Crippen LogP contribution in [0.4, 0.5) is 4.39 Å². The van der Waals surface area contributed by atoms with Crippen molar-refractivity contribution in [1.82, 2.24) is 9.80 Å². The third-order valence-electron chi connectivity index (χ3n) is 3.82. The summed E-state index contributed by atoms with van der Waals surface area (Å²) in [5.41, 5.74) is 5.78. The van der Waals surface area contributed by atoms with Crippen molar-refractivity contribution in [1.29, 1.82) is 0 Å². The molecule has 1 heterocycles. The van der Waals surface area contributed by atoms with Crippen LogP contribution in [0, 0.1) is 11.7 Å². The van der Waals surface area contributed by atoms with Gasteiger partial charge in [-0.15, -0.1) is 0 Å². The van der Waals surface area contributed by atoms with Crippen molar-refractivity contribution < 1.29 is 14.0 Å². The summed E-state index contributed by atoms with van der Waals surface area (Å²) >= 11 is 5.92. The molecule has 22 heavy (non-hydrogen) atoms. The lowest BCUT2D eigenvalue weighted by Crippen LogP contribution is -2.52. The van der Waals surface area contributed by atoms with Crippen LogP contribution < -0.4 is 5.73 Å². The minimum Gasteiger partial charge on any atom is -0.339 e. The smallest absolute Gasteiger partial charge is 0.255 e. The molecule has 1 aromatic rings. The van der Waals surface area contributed by atoms with Gasteiger partial charge in [0.25, 0.3) is 5.91 Å². The first-order valence-corrected chi connectivity index (χ1v) is 7.55. The highest BCUT2D eigenvalue weighted by molar-refractivity contribution is 6.33.